The van der Waals surface area contributed by atoms with E-state index in [9.17, 15) is 9.59 Å². The van der Waals surface area contributed by atoms with Crippen molar-refractivity contribution < 1.29 is 14.3 Å². The molecule has 0 saturated carbocycles. The van der Waals surface area contributed by atoms with Crippen molar-refractivity contribution in [1.29, 1.82) is 0 Å². The van der Waals surface area contributed by atoms with Gasteiger partial charge in [-0.3, -0.25) is 4.90 Å². The molecule has 0 bridgehead atoms. The van der Waals surface area contributed by atoms with Gasteiger partial charge in [-0.25, -0.2) is 9.59 Å². The van der Waals surface area contributed by atoms with Gasteiger partial charge in [0.2, 0.25) is 0 Å². The molecule has 7 heteroatoms. The fourth-order valence-electron chi connectivity index (χ4n) is 3.89. The Morgan fingerprint density at radius 2 is 1.86 bits per heavy atom. The number of methoxy groups -OCH3 is 1. The predicted octanol–water partition coefficient (Wildman–Crippen LogP) is 1.72. The molecule has 2 N–H and O–H groups in total. The summed E-state index contributed by atoms with van der Waals surface area (Å²) in [6, 6.07) is 5.25. The van der Waals surface area contributed by atoms with Crippen LogP contribution in [0.2, 0.25) is 0 Å². The maximum absolute atomic E-state index is 12.7. The number of amides is 2. The van der Waals surface area contributed by atoms with Crippen LogP contribution in [0.5, 0.6) is 0 Å². The highest BCUT2D eigenvalue weighted by atomic mass is 16.5. The number of benzene rings is 1. The molecule has 0 radical (unpaired) electrons. The lowest BCUT2D eigenvalue weighted by atomic mass is 9.91. The van der Waals surface area contributed by atoms with Crippen LogP contribution in [0.1, 0.15) is 29.7 Å². The van der Waals surface area contributed by atoms with Crippen LogP contribution in [-0.2, 0) is 9.53 Å². The van der Waals surface area contributed by atoms with E-state index in [1.54, 1.807) is 0 Å². The number of hydrogen-bond acceptors (Lipinski definition) is 5. The summed E-state index contributed by atoms with van der Waals surface area (Å²) in [4.78, 5) is 29.8. The van der Waals surface area contributed by atoms with Crippen LogP contribution in [0.3, 0.4) is 0 Å². The average molecular weight is 386 g/mol. The Hall–Kier alpha value is -2.38. The number of rotatable bonds is 5. The minimum atomic E-state index is -0.520. The Bertz CT molecular complexity index is 782. The molecule has 1 aromatic rings. The third-order valence-electron chi connectivity index (χ3n) is 5.60. The van der Waals surface area contributed by atoms with Crippen molar-refractivity contribution >= 4 is 12.0 Å². The molecule has 1 atom stereocenters. The van der Waals surface area contributed by atoms with Crippen LogP contribution in [0.4, 0.5) is 4.79 Å². The number of ether oxygens (including phenoxy) is 1. The maximum atomic E-state index is 12.7. The number of nitrogens with one attached hydrogen (secondary N) is 2. The molecule has 1 fully saturated rings. The van der Waals surface area contributed by atoms with Crippen molar-refractivity contribution in [3.05, 3.63) is 46.2 Å². The summed E-state index contributed by atoms with van der Waals surface area (Å²) in [7, 11) is 1.38. The van der Waals surface area contributed by atoms with Crippen molar-refractivity contribution in [2.45, 2.75) is 26.8 Å². The van der Waals surface area contributed by atoms with E-state index in [0.29, 0.717) is 17.8 Å². The summed E-state index contributed by atoms with van der Waals surface area (Å²) in [6.07, 6.45) is 0. The van der Waals surface area contributed by atoms with Gasteiger partial charge in [-0.2, -0.15) is 0 Å². The standard InChI is InChI=1S/C21H30N4O3/c1-5-24-8-10-25(11-9-24)13-17-18(20(26)28-4)19(23-21(27)22-17)16-12-14(2)6-7-15(16)3/h6-7,12,19H,5,8-11,13H2,1-4H3,(H2,22,23,27). The van der Waals surface area contributed by atoms with E-state index in [-0.39, 0.29) is 6.03 Å². The van der Waals surface area contributed by atoms with Crippen LogP contribution in [0.25, 0.3) is 0 Å². The highest BCUT2D eigenvalue weighted by Gasteiger charge is 2.35. The molecular formula is C21H30N4O3. The van der Waals surface area contributed by atoms with E-state index in [0.717, 1.165) is 49.4 Å². The molecule has 0 aromatic heterocycles. The highest BCUT2D eigenvalue weighted by Crippen LogP contribution is 2.30. The van der Waals surface area contributed by atoms with Gasteiger partial charge in [-0.15, -0.1) is 0 Å². The molecule has 1 unspecified atom stereocenters. The topological polar surface area (TPSA) is 73.9 Å². The first kappa shape index (κ1) is 20.4. The minimum Gasteiger partial charge on any atom is -0.466 e. The van der Waals surface area contributed by atoms with Crippen LogP contribution in [0, 0.1) is 13.8 Å². The summed E-state index contributed by atoms with van der Waals surface area (Å²) in [5.41, 5.74) is 4.13. The molecule has 1 saturated heterocycles. The number of piperazine rings is 1. The number of aryl methyl sites for hydroxylation is 2. The van der Waals surface area contributed by atoms with E-state index in [1.807, 2.05) is 32.0 Å². The summed E-state index contributed by atoms with van der Waals surface area (Å²) >= 11 is 0. The number of urea groups is 1. The lowest BCUT2D eigenvalue weighted by molar-refractivity contribution is -0.136. The second kappa shape index (κ2) is 8.75. The molecule has 2 aliphatic heterocycles. The van der Waals surface area contributed by atoms with Crippen molar-refractivity contribution in [2.24, 2.45) is 0 Å². The van der Waals surface area contributed by atoms with E-state index in [4.69, 9.17) is 4.74 Å². The van der Waals surface area contributed by atoms with Gasteiger partial charge in [0, 0.05) is 38.4 Å². The van der Waals surface area contributed by atoms with E-state index >= 15 is 0 Å². The third kappa shape index (κ3) is 4.36. The van der Waals surface area contributed by atoms with E-state index < -0.39 is 12.0 Å². The first-order chi connectivity index (χ1) is 13.4. The molecular weight excluding hydrogens is 356 g/mol. The fourth-order valence-corrected chi connectivity index (χ4v) is 3.89. The highest BCUT2D eigenvalue weighted by molar-refractivity contribution is 5.95. The van der Waals surface area contributed by atoms with Crippen molar-refractivity contribution in [3.63, 3.8) is 0 Å². The van der Waals surface area contributed by atoms with Crippen LogP contribution in [-0.4, -0.2) is 68.2 Å². The van der Waals surface area contributed by atoms with Crippen LogP contribution < -0.4 is 10.6 Å². The van der Waals surface area contributed by atoms with E-state index in [2.05, 4.69) is 27.4 Å². The second-order valence-electron chi connectivity index (χ2n) is 7.49. The molecule has 2 amide bonds. The van der Waals surface area contributed by atoms with Crippen LogP contribution in [0.15, 0.2) is 29.5 Å². The molecule has 0 spiro atoms. The zero-order chi connectivity index (χ0) is 20.3. The molecule has 2 heterocycles. The average Bonchev–Trinajstić information content (AvgIpc) is 2.69. The lowest BCUT2D eigenvalue weighted by Crippen LogP contribution is -2.51. The zero-order valence-electron chi connectivity index (χ0n) is 17.2. The SMILES string of the molecule is CCN1CCN(CC2=C(C(=O)OC)C(c3cc(C)ccc3C)NC(=O)N2)CC1. The second-order valence-corrected chi connectivity index (χ2v) is 7.49. The van der Waals surface area contributed by atoms with Crippen molar-refractivity contribution in [2.75, 3.05) is 46.4 Å². The largest absolute Gasteiger partial charge is 0.466 e. The normalized spacial score (nSPS) is 21.3. The van der Waals surface area contributed by atoms with Gasteiger partial charge in [0.15, 0.2) is 0 Å². The minimum absolute atomic E-state index is 0.291. The number of carbonyl (C=O) groups excluding carboxylic acids is 2. The third-order valence-corrected chi connectivity index (χ3v) is 5.60. The van der Waals surface area contributed by atoms with E-state index in [1.165, 1.54) is 7.11 Å². The zero-order valence-corrected chi connectivity index (χ0v) is 17.2. The van der Waals surface area contributed by atoms with Gasteiger partial charge in [0.25, 0.3) is 0 Å². The van der Waals surface area contributed by atoms with Gasteiger partial charge in [0.1, 0.15) is 0 Å². The Balaban J connectivity index is 1.95. The predicted molar refractivity (Wildman–Crippen MR) is 108 cm³/mol. The molecule has 28 heavy (non-hydrogen) atoms. The van der Waals surface area contributed by atoms with Gasteiger partial charge in [0.05, 0.1) is 18.7 Å². The number of likely N-dealkylation sites (N-methyl/N-ethyl adjacent to an activating group) is 1. The molecule has 3 rings (SSSR count). The number of esters is 1. The Morgan fingerprint density at radius 3 is 2.50 bits per heavy atom. The Labute approximate surface area is 166 Å². The lowest BCUT2D eigenvalue weighted by Gasteiger charge is -2.36. The Morgan fingerprint density at radius 1 is 1.18 bits per heavy atom. The van der Waals surface area contributed by atoms with Crippen molar-refractivity contribution in [3.8, 4) is 0 Å². The monoisotopic (exact) mass is 386 g/mol. The van der Waals surface area contributed by atoms with Gasteiger partial charge in [-0.1, -0.05) is 30.7 Å². The van der Waals surface area contributed by atoms with Crippen molar-refractivity contribution in [1.82, 2.24) is 20.4 Å². The summed E-state index contributed by atoms with van der Waals surface area (Å²) in [5, 5.41) is 5.78. The summed E-state index contributed by atoms with van der Waals surface area (Å²) in [5.74, 6) is -0.416. The maximum Gasteiger partial charge on any atom is 0.338 e. The summed E-state index contributed by atoms with van der Waals surface area (Å²) in [6.45, 7) is 11.5. The smallest absolute Gasteiger partial charge is 0.338 e. The fraction of sp³-hybridized carbons (Fsp3) is 0.524. The molecule has 7 nitrogen and oxygen atoms in total. The molecule has 0 aliphatic carbocycles. The van der Waals surface area contributed by atoms with Gasteiger partial charge in [-0.05, 0) is 31.5 Å². The van der Waals surface area contributed by atoms with Gasteiger partial charge >= 0.3 is 12.0 Å². The number of carbonyl (C=O) groups is 2. The Kier molecular flexibility index (Phi) is 6.36. The van der Waals surface area contributed by atoms with Gasteiger partial charge < -0.3 is 20.3 Å². The number of nitrogens with zero attached hydrogens (tertiary/aromatic N) is 2. The first-order valence-corrected chi connectivity index (χ1v) is 9.83. The first-order valence-electron chi connectivity index (χ1n) is 9.83. The molecule has 152 valence electrons. The molecule has 2 aliphatic rings. The quantitative estimate of drug-likeness (QED) is 0.754. The molecule has 1 aromatic carbocycles. The van der Waals surface area contributed by atoms with Crippen LogP contribution >= 0.6 is 0 Å². The number of hydrogen-bond donors (Lipinski definition) is 2. The summed E-state index contributed by atoms with van der Waals surface area (Å²) < 4.78 is 5.09.